The second-order valence-corrected chi connectivity index (χ2v) is 10.5. The Hall–Kier alpha value is -1.90. The van der Waals surface area contributed by atoms with Crippen LogP contribution in [0.15, 0.2) is 35.6 Å². The van der Waals surface area contributed by atoms with Crippen LogP contribution in [0.1, 0.15) is 36.9 Å². The van der Waals surface area contributed by atoms with Gasteiger partial charge >= 0.3 is 0 Å². The van der Waals surface area contributed by atoms with Crippen LogP contribution in [0, 0.1) is 5.92 Å². The van der Waals surface area contributed by atoms with Crippen molar-refractivity contribution in [3.8, 4) is 5.75 Å². The number of rotatable bonds is 10. The summed E-state index contributed by atoms with van der Waals surface area (Å²) < 4.78 is 39.0. The number of methoxy groups -OCH3 is 1. The second kappa shape index (κ2) is 9.08. The van der Waals surface area contributed by atoms with Crippen LogP contribution in [-0.4, -0.2) is 55.5 Å². The number of benzene rings is 1. The van der Waals surface area contributed by atoms with E-state index in [0.717, 1.165) is 55.8 Å². The summed E-state index contributed by atoms with van der Waals surface area (Å²) in [6.45, 7) is 2.62. The maximum absolute atomic E-state index is 13.0. The van der Waals surface area contributed by atoms with Crippen LogP contribution in [0.3, 0.4) is 0 Å². The van der Waals surface area contributed by atoms with Crippen molar-refractivity contribution in [3.63, 3.8) is 0 Å². The molecule has 164 valence electrons. The molecule has 4 rings (SSSR count). The second-order valence-electron chi connectivity index (χ2n) is 8.53. The van der Waals surface area contributed by atoms with Gasteiger partial charge in [0.25, 0.3) is 0 Å². The number of imidazole rings is 1. The Morgan fingerprint density at radius 2 is 2.10 bits per heavy atom. The van der Waals surface area contributed by atoms with Crippen LogP contribution in [0.25, 0.3) is 0 Å². The Morgan fingerprint density at radius 3 is 2.80 bits per heavy atom. The average Bonchev–Trinajstić information content (AvgIpc) is 3.20. The fourth-order valence-electron chi connectivity index (χ4n) is 4.04. The zero-order valence-electron chi connectivity index (χ0n) is 17.8. The van der Waals surface area contributed by atoms with Crippen LogP contribution in [0.4, 0.5) is 0 Å². The SMILES string of the molecule is COc1cccc(CN(C)Cc2cnc(S(=O)(=O)CC3CC3)n2C[C@@H]2CCCO2)c1. The van der Waals surface area contributed by atoms with E-state index in [1.807, 2.05) is 29.8 Å². The normalized spacial score (nSPS) is 19.5. The Bertz CT molecular complexity index is 963. The van der Waals surface area contributed by atoms with E-state index in [9.17, 15) is 8.42 Å². The monoisotopic (exact) mass is 433 g/mol. The highest BCUT2D eigenvalue weighted by atomic mass is 32.2. The largest absolute Gasteiger partial charge is 0.497 e. The van der Waals surface area contributed by atoms with E-state index in [1.165, 1.54) is 0 Å². The molecule has 0 radical (unpaired) electrons. The average molecular weight is 434 g/mol. The van der Waals surface area contributed by atoms with Crippen molar-refractivity contribution in [1.82, 2.24) is 14.5 Å². The molecule has 1 aliphatic carbocycles. The van der Waals surface area contributed by atoms with Crippen LogP contribution in [-0.2, 0) is 34.2 Å². The molecule has 2 aromatic rings. The predicted octanol–water partition coefficient (Wildman–Crippen LogP) is 2.89. The lowest BCUT2D eigenvalue weighted by Crippen LogP contribution is -2.25. The first-order valence-electron chi connectivity index (χ1n) is 10.6. The van der Waals surface area contributed by atoms with E-state index in [1.54, 1.807) is 13.3 Å². The molecule has 1 aromatic carbocycles. The predicted molar refractivity (Wildman–Crippen MR) is 114 cm³/mol. The summed E-state index contributed by atoms with van der Waals surface area (Å²) in [6, 6.07) is 7.99. The molecule has 1 atom stereocenters. The maximum Gasteiger partial charge on any atom is 0.227 e. The lowest BCUT2D eigenvalue weighted by molar-refractivity contribution is 0.0934. The molecule has 1 aromatic heterocycles. The number of nitrogens with zero attached hydrogens (tertiary/aromatic N) is 3. The fourth-order valence-corrected chi connectivity index (χ4v) is 5.88. The first kappa shape index (κ1) is 21.3. The summed E-state index contributed by atoms with van der Waals surface area (Å²) in [5.74, 6) is 1.33. The minimum Gasteiger partial charge on any atom is -0.497 e. The van der Waals surface area contributed by atoms with Gasteiger partial charge in [-0.2, -0.15) is 0 Å². The first-order valence-corrected chi connectivity index (χ1v) is 12.3. The van der Waals surface area contributed by atoms with E-state index < -0.39 is 9.84 Å². The zero-order chi connectivity index (χ0) is 21.1. The molecule has 1 saturated carbocycles. The van der Waals surface area contributed by atoms with E-state index in [-0.39, 0.29) is 17.0 Å². The quantitative estimate of drug-likeness (QED) is 0.574. The van der Waals surface area contributed by atoms with E-state index in [2.05, 4.69) is 16.0 Å². The molecule has 0 unspecified atom stereocenters. The number of ether oxygens (including phenoxy) is 2. The smallest absolute Gasteiger partial charge is 0.227 e. The lowest BCUT2D eigenvalue weighted by Gasteiger charge is -2.20. The van der Waals surface area contributed by atoms with Gasteiger partial charge in [0, 0.05) is 19.7 Å². The highest BCUT2D eigenvalue weighted by molar-refractivity contribution is 7.91. The van der Waals surface area contributed by atoms with E-state index >= 15 is 0 Å². The van der Waals surface area contributed by atoms with Crippen LogP contribution in [0.5, 0.6) is 5.75 Å². The topological polar surface area (TPSA) is 73.7 Å². The van der Waals surface area contributed by atoms with Crippen molar-refractivity contribution in [3.05, 3.63) is 41.7 Å². The molecule has 1 saturated heterocycles. The Kier molecular flexibility index (Phi) is 6.46. The van der Waals surface area contributed by atoms with Gasteiger partial charge in [0.2, 0.25) is 15.0 Å². The molecule has 0 bridgehead atoms. The van der Waals surface area contributed by atoms with Gasteiger partial charge in [-0.25, -0.2) is 13.4 Å². The van der Waals surface area contributed by atoms with E-state index in [0.29, 0.717) is 19.0 Å². The highest BCUT2D eigenvalue weighted by Crippen LogP contribution is 2.32. The molecule has 0 amide bonds. The number of hydrogen-bond donors (Lipinski definition) is 0. The molecule has 1 aliphatic heterocycles. The molecule has 2 fully saturated rings. The van der Waals surface area contributed by atoms with Crippen LogP contribution < -0.4 is 4.74 Å². The molecule has 0 N–H and O–H groups in total. The zero-order valence-corrected chi connectivity index (χ0v) is 18.6. The van der Waals surface area contributed by atoms with Gasteiger partial charge in [0.1, 0.15) is 5.75 Å². The summed E-state index contributed by atoms with van der Waals surface area (Å²) in [6.07, 6.45) is 5.76. The molecule has 7 nitrogen and oxygen atoms in total. The minimum atomic E-state index is -3.39. The van der Waals surface area contributed by atoms with Crippen molar-refractivity contribution < 1.29 is 17.9 Å². The van der Waals surface area contributed by atoms with Gasteiger partial charge in [0.05, 0.1) is 37.4 Å². The summed E-state index contributed by atoms with van der Waals surface area (Å²) >= 11 is 0. The number of aromatic nitrogens is 2. The first-order chi connectivity index (χ1) is 14.4. The molecule has 2 heterocycles. The van der Waals surface area contributed by atoms with Crippen molar-refractivity contribution in [2.45, 2.75) is 56.6 Å². The van der Waals surface area contributed by atoms with Crippen molar-refractivity contribution in [1.29, 1.82) is 0 Å². The Labute approximate surface area is 178 Å². The fraction of sp³-hybridized carbons (Fsp3) is 0.591. The summed E-state index contributed by atoms with van der Waals surface area (Å²) in [7, 11) is 0.301. The van der Waals surface area contributed by atoms with Gasteiger partial charge in [0.15, 0.2) is 0 Å². The number of hydrogen-bond acceptors (Lipinski definition) is 6. The minimum absolute atomic E-state index is 0.0523. The van der Waals surface area contributed by atoms with Crippen molar-refractivity contribution in [2.75, 3.05) is 26.5 Å². The van der Waals surface area contributed by atoms with Crippen molar-refractivity contribution >= 4 is 9.84 Å². The van der Waals surface area contributed by atoms with Crippen LogP contribution in [0.2, 0.25) is 0 Å². The van der Waals surface area contributed by atoms with Gasteiger partial charge in [-0.3, -0.25) is 4.90 Å². The van der Waals surface area contributed by atoms with Crippen molar-refractivity contribution in [2.24, 2.45) is 5.92 Å². The lowest BCUT2D eigenvalue weighted by atomic mass is 10.2. The third-order valence-electron chi connectivity index (χ3n) is 5.76. The molecular weight excluding hydrogens is 402 g/mol. The van der Waals surface area contributed by atoms with Gasteiger partial charge < -0.3 is 14.0 Å². The third-order valence-corrected chi connectivity index (χ3v) is 7.55. The van der Waals surface area contributed by atoms with Gasteiger partial charge in [-0.15, -0.1) is 0 Å². The number of sulfone groups is 1. The third kappa shape index (κ3) is 5.22. The highest BCUT2D eigenvalue weighted by Gasteiger charge is 2.33. The van der Waals surface area contributed by atoms with Gasteiger partial charge in [-0.1, -0.05) is 12.1 Å². The van der Waals surface area contributed by atoms with Crippen LogP contribution >= 0.6 is 0 Å². The Morgan fingerprint density at radius 1 is 1.27 bits per heavy atom. The van der Waals surface area contributed by atoms with E-state index in [4.69, 9.17) is 9.47 Å². The van der Waals surface area contributed by atoms with Gasteiger partial charge in [-0.05, 0) is 56.3 Å². The maximum atomic E-state index is 13.0. The molecular formula is C22H31N3O4S. The molecule has 8 heteroatoms. The molecule has 2 aliphatic rings. The Balaban J connectivity index is 1.53. The molecule has 30 heavy (non-hydrogen) atoms. The summed E-state index contributed by atoms with van der Waals surface area (Å²) in [5.41, 5.74) is 2.05. The summed E-state index contributed by atoms with van der Waals surface area (Å²) in [4.78, 5) is 6.53. The summed E-state index contributed by atoms with van der Waals surface area (Å²) in [5, 5.41) is 0.203. The molecule has 0 spiro atoms. The standard InChI is InChI=1S/C22H31N3O4S/c1-24(13-18-5-3-6-20(11-18)28-2)14-19-12-23-22(30(26,27)16-17-8-9-17)25(19)15-21-7-4-10-29-21/h3,5-6,11-12,17,21H,4,7-10,13-16H2,1-2H3/t21-/m0/s1.